The van der Waals surface area contributed by atoms with Crippen LogP contribution in [0.15, 0.2) is 35.2 Å². The van der Waals surface area contributed by atoms with E-state index in [1.54, 1.807) is 42.5 Å². The fourth-order valence-electron chi connectivity index (χ4n) is 1.43. The third-order valence-corrected chi connectivity index (χ3v) is 2.83. The minimum absolute atomic E-state index is 0.685. The highest BCUT2D eigenvalue weighted by Gasteiger charge is 2.17. The SMILES string of the molecule is Cn1ncc(Br)c1C(O)c1ccncc1. The summed E-state index contributed by atoms with van der Waals surface area (Å²) in [6, 6.07) is 3.56. The van der Waals surface area contributed by atoms with Crippen molar-refractivity contribution in [2.24, 2.45) is 7.05 Å². The molecule has 2 rings (SSSR count). The standard InChI is InChI=1S/C10H10BrN3O/c1-14-9(8(11)6-13-14)10(15)7-2-4-12-5-3-7/h2-6,10,15H,1H3. The summed E-state index contributed by atoms with van der Waals surface area (Å²) >= 11 is 3.36. The van der Waals surface area contributed by atoms with Crippen LogP contribution >= 0.6 is 15.9 Å². The Labute approximate surface area is 95.7 Å². The fourth-order valence-corrected chi connectivity index (χ4v) is 2.00. The molecule has 1 unspecified atom stereocenters. The van der Waals surface area contributed by atoms with Crippen molar-refractivity contribution in [3.05, 3.63) is 46.5 Å². The van der Waals surface area contributed by atoms with Gasteiger partial charge in [0.1, 0.15) is 6.10 Å². The van der Waals surface area contributed by atoms with Crippen LogP contribution in [0.2, 0.25) is 0 Å². The number of halogens is 1. The molecule has 2 heterocycles. The molecule has 0 amide bonds. The van der Waals surface area contributed by atoms with Gasteiger partial charge in [-0.1, -0.05) is 0 Å². The summed E-state index contributed by atoms with van der Waals surface area (Å²) in [6.45, 7) is 0. The van der Waals surface area contributed by atoms with E-state index in [0.29, 0.717) is 0 Å². The lowest BCUT2D eigenvalue weighted by molar-refractivity contribution is 0.209. The van der Waals surface area contributed by atoms with Gasteiger partial charge >= 0.3 is 0 Å². The summed E-state index contributed by atoms with van der Waals surface area (Å²) in [6.07, 6.45) is 4.29. The van der Waals surface area contributed by atoms with Crippen molar-refractivity contribution in [3.8, 4) is 0 Å². The maximum absolute atomic E-state index is 10.1. The Hall–Kier alpha value is -1.20. The van der Waals surface area contributed by atoms with Crippen molar-refractivity contribution in [2.75, 3.05) is 0 Å². The molecule has 2 aromatic heterocycles. The van der Waals surface area contributed by atoms with Crippen molar-refractivity contribution >= 4 is 15.9 Å². The number of nitrogens with zero attached hydrogens (tertiary/aromatic N) is 3. The highest BCUT2D eigenvalue weighted by atomic mass is 79.9. The smallest absolute Gasteiger partial charge is 0.122 e. The Morgan fingerprint density at radius 3 is 2.60 bits per heavy atom. The van der Waals surface area contributed by atoms with E-state index in [2.05, 4.69) is 26.0 Å². The van der Waals surface area contributed by atoms with E-state index in [-0.39, 0.29) is 0 Å². The first-order valence-corrected chi connectivity index (χ1v) is 5.25. The lowest BCUT2D eigenvalue weighted by Crippen LogP contribution is -2.07. The van der Waals surface area contributed by atoms with Gasteiger partial charge in [-0.25, -0.2) is 0 Å². The molecule has 0 aliphatic rings. The van der Waals surface area contributed by atoms with Gasteiger partial charge in [-0.05, 0) is 33.6 Å². The van der Waals surface area contributed by atoms with E-state index in [9.17, 15) is 5.11 Å². The Morgan fingerprint density at radius 1 is 1.40 bits per heavy atom. The molecule has 0 spiro atoms. The predicted octanol–water partition coefficient (Wildman–Crippen LogP) is 1.66. The first-order chi connectivity index (χ1) is 7.20. The zero-order valence-corrected chi connectivity index (χ0v) is 9.72. The van der Waals surface area contributed by atoms with Crippen LogP contribution in [0.1, 0.15) is 17.4 Å². The van der Waals surface area contributed by atoms with Crippen molar-refractivity contribution in [2.45, 2.75) is 6.10 Å². The summed E-state index contributed by atoms with van der Waals surface area (Å²) in [5.74, 6) is 0. The normalized spacial score (nSPS) is 12.7. The second-order valence-corrected chi connectivity index (χ2v) is 4.04. The van der Waals surface area contributed by atoms with Gasteiger partial charge in [0.2, 0.25) is 0 Å². The average Bonchev–Trinajstić information content (AvgIpc) is 2.59. The molecule has 5 heteroatoms. The van der Waals surface area contributed by atoms with Crippen LogP contribution in [0.4, 0.5) is 0 Å². The van der Waals surface area contributed by atoms with Crippen LogP contribution in [0.25, 0.3) is 0 Å². The number of hydrogen-bond acceptors (Lipinski definition) is 3. The van der Waals surface area contributed by atoms with Gasteiger partial charge in [-0.3, -0.25) is 9.67 Å². The third kappa shape index (κ3) is 1.93. The molecule has 0 aliphatic heterocycles. The zero-order valence-electron chi connectivity index (χ0n) is 8.13. The number of aryl methyl sites for hydroxylation is 1. The second-order valence-electron chi connectivity index (χ2n) is 3.18. The minimum Gasteiger partial charge on any atom is -0.382 e. The lowest BCUT2D eigenvalue weighted by Gasteiger charge is -2.11. The zero-order chi connectivity index (χ0) is 10.8. The van der Waals surface area contributed by atoms with Crippen molar-refractivity contribution in [1.82, 2.24) is 14.8 Å². The monoisotopic (exact) mass is 267 g/mol. The van der Waals surface area contributed by atoms with Crippen molar-refractivity contribution in [3.63, 3.8) is 0 Å². The van der Waals surface area contributed by atoms with Crippen LogP contribution in [-0.2, 0) is 7.05 Å². The average molecular weight is 268 g/mol. The molecular weight excluding hydrogens is 258 g/mol. The summed E-state index contributed by atoms with van der Waals surface area (Å²) < 4.78 is 2.45. The van der Waals surface area contributed by atoms with Gasteiger partial charge in [-0.2, -0.15) is 5.10 Å². The second kappa shape index (κ2) is 4.12. The summed E-state index contributed by atoms with van der Waals surface area (Å²) in [5, 5.41) is 14.2. The van der Waals surface area contributed by atoms with E-state index in [4.69, 9.17) is 0 Å². The molecule has 0 aromatic carbocycles. The molecule has 4 nitrogen and oxygen atoms in total. The first kappa shape index (κ1) is 10.3. The molecule has 0 bridgehead atoms. The van der Waals surface area contributed by atoms with Crippen molar-refractivity contribution in [1.29, 1.82) is 0 Å². The number of hydrogen-bond donors (Lipinski definition) is 1. The topological polar surface area (TPSA) is 50.9 Å². The van der Waals surface area contributed by atoms with Crippen LogP contribution in [0, 0.1) is 0 Å². The van der Waals surface area contributed by atoms with E-state index < -0.39 is 6.10 Å². The molecule has 15 heavy (non-hydrogen) atoms. The molecule has 78 valence electrons. The number of aliphatic hydroxyl groups excluding tert-OH is 1. The largest absolute Gasteiger partial charge is 0.382 e. The van der Waals surface area contributed by atoms with Crippen molar-refractivity contribution < 1.29 is 5.11 Å². The van der Waals surface area contributed by atoms with Gasteiger partial charge in [0.05, 0.1) is 16.4 Å². The lowest BCUT2D eigenvalue weighted by atomic mass is 10.1. The van der Waals surface area contributed by atoms with Gasteiger partial charge in [0.25, 0.3) is 0 Å². The van der Waals surface area contributed by atoms with E-state index in [1.165, 1.54) is 0 Å². The predicted molar refractivity (Wildman–Crippen MR) is 59.2 cm³/mol. The Balaban J connectivity index is 2.41. The number of aromatic nitrogens is 3. The van der Waals surface area contributed by atoms with Gasteiger partial charge in [0, 0.05) is 19.4 Å². The van der Waals surface area contributed by atoms with Crippen LogP contribution in [0.3, 0.4) is 0 Å². The van der Waals surface area contributed by atoms with Crippen LogP contribution in [0.5, 0.6) is 0 Å². The fraction of sp³-hybridized carbons (Fsp3) is 0.200. The highest BCUT2D eigenvalue weighted by molar-refractivity contribution is 9.10. The third-order valence-electron chi connectivity index (χ3n) is 2.22. The van der Waals surface area contributed by atoms with E-state index in [0.717, 1.165) is 15.7 Å². The molecule has 1 atom stereocenters. The van der Waals surface area contributed by atoms with Gasteiger partial charge in [0.15, 0.2) is 0 Å². The number of aliphatic hydroxyl groups is 1. The first-order valence-electron chi connectivity index (χ1n) is 4.45. The van der Waals surface area contributed by atoms with Gasteiger partial charge < -0.3 is 5.11 Å². The van der Waals surface area contributed by atoms with E-state index in [1.807, 2.05) is 0 Å². The summed E-state index contributed by atoms with van der Waals surface area (Å²) in [4.78, 5) is 3.91. The van der Waals surface area contributed by atoms with Gasteiger partial charge in [-0.15, -0.1) is 0 Å². The number of rotatable bonds is 2. The maximum Gasteiger partial charge on any atom is 0.122 e. The Kier molecular flexibility index (Phi) is 2.83. The Bertz CT molecular complexity index is 435. The maximum atomic E-state index is 10.1. The molecule has 0 aliphatic carbocycles. The molecule has 1 N–H and O–H groups in total. The van der Waals surface area contributed by atoms with E-state index >= 15 is 0 Å². The molecule has 0 fully saturated rings. The van der Waals surface area contributed by atoms with Crippen LogP contribution < -0.4 is 0 Å². The molecule has 2 aromatic rings. The Morgan fingerprint density at radius 2 is 2.07 bits per heavy atom. The highest BCUT2D eigenvalue weighted by Crippen LogP contribution is 2.27. The summed E-state index contributed by atoms with van der Waals surface area (Å²) in [5.41, 5.74) is 1.54. The molecule has 0 saturated heterocycles. The summed E-state index contributed by atoms with van der Waals surface area (Å²) in [7, 11) is 1.80. The van der Waals surface area contributed by atoms with Crippen LogP contribution in [-0.4, -0.2) is 19.9 Å². The molecule has 0 radical (unpaired) electrons. The minimum atomic E-state index is -0.685. The quantitative estimate of drug-likeness (QED) is 0.901. The number of pyridine rings is 1. The molecular formula is C10H10BrN3O. The molecule has 0 saturated carbocycles.